The zero-order valence-corrected chi connectivity index (χ0v) is 13.1. The van der Waals surface area contributed by atoms with Gasteiger partial charge in [0.25, 0.3) is 0 Å². The summed E-state index contributed by atoms with van der Waals surface area (Å²) >= 11 is 0. The Morgan fingerprint density at radius 2 is 2.10 bits per heavy atom. The zero-order chi connectivity index (χ0) is 14.7. The van der Waals surface area contributed by atoms with Gasteiger partial charge in [0.1, 0.15) is 5.78 Å². The van der Waals surface area contributed by atoms with Gasteiger partial charge >= 0.3 is 0 Å². The van der Waals surface area contributed by atoms with Gasteiger partial charge in [0.15, 0.2) is 0 Å². The lowest BCUT2D eigenvalue weighted by atomic mass is 9.72. The maximum Gasteiger partial charge on any atom is 0.145 e. The van der Waals surface area contributed by atoms with E-state index < -0.39 is 0 Å². The molecule has 1 saturated carbocycles. The van der Waals surface area contributed by atoms with Crippen LogP contribution in [0.2, 0.25) is 0 Å². The van der Waals surface area contributed by atoms with Crippen LogP contribution in [0.25, 0.3) is 0 Å². The number of carbonyl (C=O) groups excluding carboxylic acids is 1. The summed E-state index contributed by atoms with van der Waals surface area (Å²) in [6.07, 6.45) is 10.6. The first kappa shape index (κ1) is 14.8. The maximum atomic E-state index is 12.8. The second-order valence-electron chi connectivity index (χ2n) is 6.71. The fraction of sp³-hybridized carbons (Fsp3) is 0.765. The number of Topliss-reactive ketones (excluding diaryl/α,β-unsaturated/α-hetero) is 1. The molecule has 0 atom stereocenters. The van der Waals surface area contributed by atoms with Gasteiger partial charge in [0, 0.05) is 11.6 Å². The number of carbonyl (C=O) groups is 1. The van der Waals surface area contributed by atoms with Gasteiger partial charge in [-0.15, -0.1) is 0 Å². The Kier molecular flexibility index (Phi) is 4.43. The highest BCUT2D eigenvalue weighted by atomic mass is 16.1. The molecule has 1 aliphatic carbocycles. The number of ketones is 1. The third-order valence-corrected chi connectivity index (χ3v) is 5.53. The molecule has 4 nitrogen and oxygen atoms in total. The van der Waals surface area contributed by atoms with Crippen LogP contribution in [0.15, 0.2) is 12.3 Å². The molecule has 3 rings (SSSR count). The van der Waals surface area contributed by atoms with Crippen LogP contribution in [-0.4, -0.2) is 28.7 Å². The van der Waals surface area contributed by atoms with Crippen molar-refractivity contribution in [3.63, 3.8) is 0 Å². The van der Waals surface area contributed by atoms with Crippen molar-refractivity contribution in [2.24, 2.45) is 5.41 Å². The molecule has 1 aliphatic heterocycles. The van der Waals surface area contributed by atoms with Crippen LogP contribution in [0.4, 0.5) is 0 Å². The Hall–Kier alpha value is -1.16. The maximum absolute atomic E-state index is 12.8. The van der Waals surface area contributed by atoms with E-state index in [0.29, 0.717) is 18.2 Å². The smallest absolute Gasteiger partial charge is 0.145 e. The van der Waals surface area contributed by atoms with E-state index in [9.17, 15) is 4.79 Å². The first-order valence-electron chi connectivity index (χ1n) is 8.51. The van der Waals surface area contributed by atoms with Crippen molar-refractivity contribution >= 4 is 5.78 Å². The number of hydrogen-bond donors (Lipinski definition) is 1. The summed E-state index contributed by atoms with van der Waals surface area (Å²) in [5.41, 5.74) is 0.848. The van der Waals surface area contributed by atoms with Crippen molar-refractivity contribution in [2.45, 2.75) is 64.3 Å². The molecule has 0 aromatic carbocycles. The summed E-state index contributed by atoms with van der Waals surface area (Å²) in [5.74, 6) is 0.392. The molecule has 0 radical (unpaired) electrons. The van der Waals surface area contributed by atoms with E-state index in [2.05, 4.69) is 28.2 Å². The summed E-state index contributed by atoms with van der Waals surface area (Å²) in [7, 11) is 0. The lowest BCUT2D eigenvalue weighted by Crippen LogP contribution is -2.42. The number of nitrogens with zero attached hydrogens (tertiary/aromatic N) is 2. The highest BCUT2D eigenvalue weighted by Gasteiger charge is 2.37. The van der Waals surface area contributed by atoms with E-state index in [1.807, 2.05) is 6.07 Å². The fourth-order valence-electron chi connectivity index (χ4n) is 3.93. The molecule has 1 aromatic heterocycles. The first-order chi connectivity index (χ1) is 10.2. The van der Waals surface area contributed by atoms with E-state index in [1.54, 1.807) is 0 Å². The Bertz CT molecular complexity index is 482. The number of hydrogen-bond acceptors (Lipinski definition) is 3. The molecule has 1 aromatic rings. The van der Waals surface area contributed by atoms with Crippen LogP contribution in [-0.2, 0) is 11.2 Å². The van der Waals surface area contributed by atoms with Crippen LogP contribution in [0.1, 0.15) is 63.6 Å². The van der Waals surface area contributed by atoms with Gasteiger partial charge < -0.3 is 5.32 Å². The van der Waals surface area contributed by atoms with Gasteiger partial charge in [-0.05, 0) is 51.3 Å². The summed E-state index contributed by atoms with van der Waals surface area (Å²) in [6, 6.07) is 2.61. The number of aromatic nitrogens is 2. The third kappa shape index (κ3) is 3.05. The van der Waals surface area contributed by atoms with Crippen LogP contribution >= 0.6 is 0 Å². The van der Waals surface area contributed by atoms with Crippen molar-refractivity contribution in [1.29, 1.82) is 0 Å². The topological polar surface area (TPSA) is 46.9 Å². The summed E-state index contributed by atoms with van der Waals surface area (Å²) < 4.78 is 2.09. The SMILES string of the molecule is CCC1(C(=O)Cc2ccn(C3CCCC3)n2)CCNCC1. The molecule has 0 bridgehead atoms. The molecule has 2 heterocycles. The molecule has 2 fully saturated rings. The number of rotatable bonds is 5. The lowest BCUT2D eigenvalue weighted by molar-refractivity contribution is -0.129. The second kappa shape index (κ2) is 6.30. The average molecular weight is 289 g/mol. The van der Waals surface area contributed by atoms with Crippen molar-refractivity contribution < 1.29 is 4.79 Å². The summed E-state index contributed by atoms with van der Waals surface area (Å²) in [6.45, 7) is 4.09. The standard InChI is InChI=1S/C17H27N3O/c1-2-17(8-10-18-11-9-17)16(21)13-14-7-12-20(19-14)15-5-3-4-6-15/h7,12,15,18H,2-6,8-11,13H2,1H3. The van der Waals surface area contributed by atoms with Gasteiger partial charge in [0.05, 0.1) is 18.2 Å². The summed E-state index contributed by atoms with van der Waals surface area (Å²) in [4.78, 5) is 12.8. The minimum atomic E-state index is -0.109. The monoisotopic (exact) mass is 289 g/mol. The molecule has 1 N–H and O–H groups in total. The molecule has 0 unspecified atom stereocenters. The van der Waals surface area contributed by atoms with E-state index >= 15 is 0 Å². The van der Waals surface area contributed by atoms with E-state index in [-0.39, 0.29) is 5.41 Å². The molecule has 2 aliphatic rings. The predicted molar refractivity (Wildman–Crippen MR) is 83.3 cm³/mol. The first-order valence-corrected chi connectivity index (χ1v) is 8.51. The van der Waals surface area contributed by atoms with E-state index in [4.69, 9.17) is 0 Å². The van der Waals surface area contributed by atoms with Gasteiger partial charge in [-0.3, -0.25) is 9.48 Å². The average Bonchev–Trinajstić information content (AvgIpc) is 3.18. The van der Waals surface area contributed by atoms with Gasteiger partial charge in [-0.2, -0.15) is 5.10 Å². The Balaban J connectivity index is 1.66. The Morgan fingerprint density at radius 3 is 2.76 bits per heavy atom. The Labute approximate surface area is 127 Å². The van der Waals surface area contributed by atoms with Crippen LogP contribution in [0.5, 0.6) is 0 Å². The Morgan fingerprint density at radius 1 is 1.38 bits per heavy atom. The largest absolute Gasteiger partial charge is 0.317 e. The molecular weight excluding hydrogens is 262 g/mol. The van der Waals surface area contributed by atoms with Crippen LogP contribution in [0.3, 0.4) is 0 Å². The van der Waals surface area contributed by atoms with Gasteiger partial charge in [-0.1, -0.05) is 19.8 Å². The highest BCUT2D eigenvalue weighted by molar-refractivity contribution is 5.86. The lowest BCUT2D eigenvalue weighted by Gasteiger charge is -2.35. The molecule has 0 amide bonds. The molecular formula is C17H27N3O. The van der Waals surface area contributed by atoms with Crippen LogP contribution < -0.4 is 5.32 Å². The van der Waals surface area contributed by atoms with Crippen molar-refractivity contribution in [3.05, 3.63) is 18.0 Å². The normalized spacial score (nSPS) is 22.5. The third-order valence-electron chi connectivity index (χ3n) is 5.53. The van der Waals surface area contributed by atoms with Crippen molar-refractivity contribution in [3.8, 4) is 0 Å². The number of nitrogens with one attached hydrogen (secondary N) is 1. The predicted octanol–water partition coefficient (Wildman–Crippen LogP) is 2.89. The van der Waals surface area contributed by atoms with E-state index in [0.717, 1.165) is 38.0 Å². The minimum Gasteiger partial charge on any atom is -0.317 e. The molecule has 21 heavy (non-hydrogen) atoms. The second-order valence-corrected chi connectivity index (χ2v) is 6.71. The summed E-state index contributed by atoms with van der Waals surface area (Å²) in [5, 5.41) is 8.03. The van der Waals surface area contributed by atoms with Crippen molar-refractivity contribution in [2.75, 3.05) is 13.1 Å². The zero-order valence-electron chi connectivity index (χ0n) is 13.1. The minimum absolute atomic E-state index is 0.109. The molecule has 116 valence electrons. The molecule has 1 saturated heterocycles. The van der Waals surface area contributed by atoms with Crippen molar-refractivity contribution in [1.82, 2.24) is 15.1 Å². The quantitative estimate of drug-likeness (QED) is 0.906. The fourth-order valence-corrected chi connectivity index (χ4v) is 3.93. The highest BCUT2D eigenvalue weighted by Crippen LogP contribution is 2.35. The molecule has 0 spiro atoms. The van der Waals surface area contributed by atoms with Gasteiger partial charge in [-0.25, -0.2) is 0 Å². The number of piperidine rings is 1. The van der Waals surface area contributed by atoms with E-state index in [1.165, 1.54) is 25.7 Å². The molecule has 4 heteroatoms. The van der Waals surface area contributed by atoms with Crippen LogP contribution in [0, 0.1) is 5.41 Å². The van der Waals surface area contributed by atoms with Gasteiger partial charge in [0.2, 0.25) is 0 Å².